The molecule has 82 valence electrons. The summed E-state index contributed by atoms with van der Waals surface area (Å²) in [5.41, 5.74) is 0. The Bertz CT molecular complexity index is 372. The van der Waals surface area contributed by atoms with E-state index in [9.17, 15) is 9.59 Å². The monoisotopic (exact) mass is 246 g/mol. The average Bonchev–Trinajstić information content (AvgIpc) is 2.65. The highest BCUT2D eigenvalue weighted by molar-refractivity contribution is 7.18. The van der Waals surface area contributed by atoms with Crippen LogP contribution in [0, 0.1) is 5.92 Å². The zero-order valence-electron chi connectivity index (χ0n) is 8.45. The molecule has 15 heavy (non-hydrogen) atoms. The van der Waals surface area contributed by atoms with E-state index in [0.717, 1.165) is 0 Å². The van der Waals surface area contributed by atoms with E-state index in [1.807, 2.05) is 0 Å². The van der Waals surface area contributed by atoms with Crippen LogP contribution in [0.25, 0.3) is 0 Å². The number of halogens is 1. The maximum atomic E-state index is 11.8. The van der Waals surface area contributed by atoms with Gasteiger partial charge < -0.3 is 4.74 Å². The van der Waals surface area contributed by atoms with E-state index in [1.54, 1.807) is 19.1 Å². The van der Waals surface area contributed by atoms with Crippen molar-refractivity contribution in [3.05, 3.63) is 21.3 Å². The number of carbonyl (C=O) groups is 2. The summed E-state index contributed by atoms with van der Waals surface area (Å²) in [6.07, 6.45) is 0.432. The predicted octanol–water partition coefficient (Wildman–Crippen LogP) is 2.78. The first-order valence-electron chi connectivity index (χ1n) is 4.47. The second-order valence-corrected chi connectivity index (χ2v) is 4.67. The van der Waals surface area contributed by atoms with Gasteiger partial charge in [-0.1, -0.05) is 18.5 Å². The van der Waals surface area contributed by atoms with Crippen molar-refractivity contribution in [1.29, 1.82) is 0 Å². The van der Waals surface area contributed by atoms with Crippen molar-refractivity contribution < 1.29 is 14.3 Å². The molecule has 3 nitrogen and oxygen atoms in total. The number of rotatable bonds is 4. The van der Waals surface area contributed by atoms with Crippen molar-refractivity contribution in [2.45, 2.75) is 13.3 Å². The van der Waals surface area contributed by atoms with Gasteiger partial charge in [-0.2, -0.15) is 0 Å². The van der Waals surface area contributed by atoms with Gasteiger partial charge in [0.25, 0.3) is 0 Å². The van der Waals surface area contributed by atoms with Gasteiger partial charge >= 0.3 is 5.97 Å². The van der Waals surface area contributed by atoms with Crippen LogP contribution in [0.1, 0.15) is 23.0 Å². The van der Waals surface area contributed by atoms with Crippen molar-refractivity contribution in [2.75, 3.05) is 7.11 Å². The first kappa shape index (κ1) is 12.2. The minimum atomic E-state index is -0.718. The molecule has 0 radical (unpaired) electrons. The maximum Gasteiger partial charge on any atom is 0.316 e. The highest BCUT2D eigenvalue weighted by Crippen LogP contribution is 2.25. The Morgan fingerprint density at radius 1 is 1.53 bits per heavy atom. The minimum Gasteiger partial charge on any atom is -0.468 e. The van der Waals surface area contributed by atoms with E-state index in [1.165, 1.54) is 18.4 Å². The summed E-state index contributed by atoms with van der Waals surface area (Å²) in [5.74, 6) is -1.43. The number of hydrogen-bond donors (Lipinski definition) is 0. The Labute approximate surface area is 97.0 Å². The van der Waals surface area contributed by atoms with E-state index >= 15 is 0 Å². The van der Waals surface area contributed by atoms with Gasteiger partial charge in [0.2, 0.25) is 0 Å². The molecule has 0 aliphatic rings. The average molecular weight is 247 g/mol. The molecule has 0 aromatic carbocycles. The number of thiophene rings is 1. The van der Waals surface area contributed by atoms with Crippen LogP contribution in [-0.4, -0.2) is 18.9 Å². The SMILES string of the molecule is CCC(C(=O)OC)C(=O)c1ccc(Cl)s1. The van der Waals surface area contributed by atoms with Crippen LogP contribution in [-0.2, 0) is 9.53 Å². The lowest BCUT2D eigenvalue weighted by Crippen LogP contribution is -2.24. The van der Waals surface area contributed by atoms with E-state index in [-0.39, 0.29) is 5.78 Å². The Balaban J connectivity index is 2.87. The van der Waals surface area contributed by atoms with E-state index in [2.05, 4.69) is 4.74 Å². The van der Waals surface area contributed by atoms with E-state index < -0.39 is 11.9 Å². The van der Waals surface area contributed by atoms with Crippen molar-refractivity contribution in [2.24, 2.45) is 5.92 Å². The van der Waals surface area contributed by atoms with Gasteiger partial charge in [0, 0.05) is 0 Å². The second-order valence-electron chi connectivity index (χ2n) is 2.95. The number of ketones is 1. The Morgan fingerprint density at radius 2 is 2.20 bits per heavy atom. The standard InChI is InChI=1S/C10H11ClO3S/c1-3-6(10(13)14-2)9(12)7-4-5-8(11)15-7/h4-6H,3H2,1-2H3. The lowest BCUT2D eigenvalue weighted by molar-refractivity contribution is -0.143. The molecule has 0 saturated heterocycles. The molecule has 0 N–H and O–H groups in total. The Kier molecular flexibility index (Phi) is 4.29. The van der Waals surface area contributed by atoms with Crippen LogP contribution in [0.15, 0.2) is 12.1 Å². The molecule has 1 unspecified atom stereocenters. The van der Waals surface area contributed by atoms with E-state index in [4.69, 9.17) is 11.6 Å². The summed E-state index contributed by atoms with van der Waals surface area (Å²) in [6, 6.07) is 3.27. The molecule has 5 heteroatoms. The van der Waals surface area contributed by atoms with E-state index in [0.29, 0.717) is 15.6 Å². The largest absolute Gasteiger partial charge is 0.468 e. The van der Waals surface area contributed by atoms with Gasteiger partial charge in [0.05, 0.1) is 16.3 Å². The van der Waals surface area contributed by atoms with Crippen LogP contribution < -0.4 is 0 Å². The smallest absolute Gasteiger partial charge is 0.316 e. The summed E-state index contributed by atoms with van der Waals surface area (Å²) < 4.78 is 5.10. The molecule has 0 saturated carbocycles. The highest BCUT2D eigenvalue weighted by atomic mass is 35.5. The molecular formula is C10H11ClO3S. The molecule has 1 rings (SSSR count). The van der Waals surface area contributed by atoms with Crippen LogP contribution in [0.3, 0.4) is 0 Å². The fourth-order valence-corrected chi connectivity index (χ4v) is 2.26. The van der Waals surface area contributed by atoms with Crippen molar-refractivity contribution in [3.63, 3.8) is 0 Å². The first-order chi connectivity index (χ1) is 7.10. The summed E-state index contributed by atoms with van der Waals surface area (Å²) >= 11 is 6.89. The van der Waals surface area contributed by atoms with Gasteiger partial charge in [-0.3, -0.25) is 9.59 Å². The Morgan fingerprint density at radius 3 is 2.60 bits per heavy atom. The van der Waals surface area contributed by atoms with Crippen LogP contribution in [0.4, 0.5) is 0 Å². The van der Waals surface area contributed by atoms with Gasteiger partial charge in [0.15, 0.2) is 5.78 Å². The van der Waals surface area contributed by atoms with Gasteiger partial charge in [0.1, 0.15) is 5.92 Å². The summed E-state index contributed by atoms with van der Waals surface area (Å²) in [5, 5.41) is 0. The fraction of sp³-hybridized carbons (Fsp3) is 0.400. The van der Waals surface area contributed by atoms with Crippen molar-refractivity contribution >= 4 is 34.7 Å². The molecule has 0 aliphatic carbocycles. The zero-order chi connectivity index (χ0) is 11.4. The lowest BCUT2D eigenvalue weighted by Gasteiger charge is -2.09. The molecule has 1 atom stereocenters. The zero-order valence-corrected chi connectivity index (χ0v) is 10.0. The molecule has 1 aromatic rings. The normalized spacial score (nSPS) is 12.2. The number of carbonyl (C=O) groups excluding carboxylic acids is 2. The molecular weight excluding hydrogens is 236 g/mol. The maximum absolute atomic E-state index is 11.8. The number of methoxy groups -OCH3 is 1. The topological polar surface area (TPSA) is 43.4 Å². The third-order valence-electron chi connectivity index (χ3n) is 2.03. The van der Waals surface area contributed by atoms with Crippen LogP contribution >= 0.6 is 22.9 Å². The number of hydrogen-bond acceptors (Lipinski definition) is 4. The molecule has 1 aromatic heterocycles. The Hall–Kier alpha value is -0.870. The fourth-order valence-electron chi connectivity index (χ4n) is 1.22. The van der Waals surface area contributed by atoms with Gasteiger partial charge in [-0.25, -0.2) is 0 Å². The summed E-state index contributed by atoms with van der Waals surface area (Å²) in [7, 11) is 1.28. The lowest BCUT2D eigenvalue weighted by atomic mass is 10.0. The highest BCUT2D eigenvalue weighted by Gasteiger charge is 2.27. The number of Topliss-reactive ketones (excluding diaryl/α,β-unsaturated/α-hetero) is 1. The quantitative estimate of drug-likeness (QED) is 0.466. The minimum absolute atomic E-state index is 0.221. The molecule has 1 heterocycles. The second kappa shape index (κ2) is 5.28. The number of esters is 1. The molecule has 0 spiro atoms. The third kappa shape index (κ3) is 2.79. The van der Waals surface area contributed by atoms with Gasteiger partial charge in [-0.15, -0.1) is 11.3 Å². The molecule has 0 aliphatic heterocycles. The molecule has 0 fully saturated rings. The van der Waals surface area contributed by atoms with Crippen LogP contribution in [0.2, 0.25) is 4.34 Å². The third-order valence-corrected chi connectivity index (χ3v) is 3.27. The summed E-state index contributed by atoms with van der Waals surface area (Å²) in [4.78, 5) is 23.6. The molecule has 0 bridgehead atoms. The first-order valence-corrected chi connectivity index (χ1v) is 5.67. The summed E-state index contributed by atoms with van der Waals surface area (Å²) in [6.45, 7) is 1.77. The predicted molar refractivity (Wildman–Crippen MR) is 59.5 cm³/mol. The van der Waals surface area contributed by atoms with Crippen molar-refractivity contribution in [3.8, 4) is 0 Å². The van der Waals surface area contributed by atoms with Crippen LogP contribution in [0.5, 0.6) is 0 Å². The van der Waals surface area contributed by atoms with Gasteiger partial charge in [-0.05, 0) is 18.6 Å². The molecule has 0 amide bonds. The van der Waals surface area contributed by atoms with Crippen molar-refractivity contribution in [1.82, 2.24) is 0 Å². The number of ether oxygens (including phenoxy) is 1.